The molecule has 1 N–H and O–H groups in total. The molecule has 0 atom stereocenters. The van der Waals surface area contributed by atoms with Crippen LogP contribution in [0.15, 0.2) is 18.2 Å². The Kier molecular flexibility index (Phi) is 7.42. The number of hydrogen-bond donors (Lipinski definition) is 1. The third kappa shape index (κ3) is 6.29. The van der Waals surface area contributed by atoms with Crippen molar-refractivity contribution in [3.8, 4) is 0 Å². The lowest BCUT2D eigenvalue weighted by Crippen LogP contribution is -2.17. The predicted molar refractivity (Wildman–Crippen MR) is 86.1 cm³/mol. The Bertz CT molecular complexity index is 508. The van der Waals surface area contributed by atoms with Gasteiger partial charge in [0, 0.05) is 12.8 Å². The average Bonchev–Trinajstić information content (AvgIpc) is 2.40. The molecule has 0 saturated carbocycles. The van der Waals surface area contributed by atoms with E-state index in [1.165, 1.54) is 0 Å². The summed E-state index contributed by atoms with van der Waals surface area (Å²) in [5, 5.41) is 3.37. The minimum absolute atomic E-state index is 0.192. The third-order valence-corrected chi connectivity index (χ3v) is 2.85. The van der Waals surface area contributed by atoms with E-state index in [1.54, 1.807) is 39.2 Å². The maximum atomic E-state index is 11.9. The summed E-state index contributed by atoms with van der Waals surface area (Å²) in [6.07, 6.45) is -0.219. The van der Waals surface area contributed by atoms with Crippen molar-refractivity contribution < 1.29 is 19.0 Å². The van der Waals surface area contributed by atoms with Crippen LogP contribution in [0.4, 0.5) is 5.69 Å². The molecule has 7 heteroatoms. The number of benzene rings is 1. The first-order chi connectivity index (χ1) is 9.93. The molecule has 0 bridgehead atoms. The van der Waals surface area contributed by atoms with E-state index in [-0.39, 0.29) is 16.8 Å². The Morgan fingerprint density at radius 1 is 1.38 bits per heavy atom. The minimum Gasteiger partial charge on any atom is -0.468 e. The number of thiocarbonyl (C=S) groups is 1. The van der Waals surface area contributed by atoms with Crippen molar-refractivity contribution in [2.45, 2.75) is 20.0 Å². The Morgan fingerprint density at radius 3 is 2.71 bits per heavy atom. The maximum Gasteiger partial charge on any atom is 0.339 e. The molecule has 0 aliphatic rings. The lowest BCUT2D eigenvalue weighted by molar-refractivity contribution is 0.0378. The number of rotatable bonds is 6. The Balaban J connectivity index is 2.72. The van der Waals surface area contributed by atoms with Crippen molar-refractivity contribution in [2.24, 2.45) is 0 Å². The largest absolute Gasteiger partial charge is 0.468 e. The highest BCUT2D eigenvalue weighted by molar-refractivity contribution is 7.80. The summed E-state index contributed by atoms with van der Waals surface area (Å²) in [4.78, 5) is 11.9. The molecule has 116 valence electrons. The number of methoxy groups -OCH3 is 1. The fourth-order valence-electron chi connectivity index (χ4n) is 1.41. The molecule has 0 saturated heterocycles. The lowest BCUT2D eigenvalue weighted by Gasteiger charge is -2.12. The van der Waals surface area contributed by atoms with E-state index in [4.69, 9.17) is 38.0 Å². The van der Waals surface area contributed by atoms with E-state index in [9.17, 15) is 4.79 Å². The van der Waals surface area contributed by atoms with Gasteiger partial charge >= 0.3 is 5.97 Å². The van der Waals surface area contributed by atoms with Gasteiger partial charge in [0.05, 0.1) is 23.3 Å². The standard InChI is InChI=1S/C14H18ClNO4S/c1-9(2)20-13(17)11-8-10(4-5-12(11)15)16-14(21)19-7-6-18-3/h4-5,8-9H,6-7H2,1-3H3,(H,16,21). The molecule has 5 nitrogen and oxygen atoms in total. The van der Waals surface area contributed by atoms with Crippen LogP contribution in [-0.2, 0) is 14.2 Å². The van der Waals surface area contributed by atoms with Gasteiger partial charge in [-0.05, 0) is 44.3 Å². The number of ether oxygens (including phenoxy) is 3. The number of hydrogen-bond acceptors (Lipinski definition) is 5. The van der Waals surface area contributed by atoms with Gasteiger partial charge in [-0.1, -0.05) is 11.6 Å². The van der Waals surface area contributed by atoms with E-state index in [0.29, 0.717) is 23.9 Å². The molecule has 0 unspecified atom stereocenters. The highest BCUT2D eigenvalue weighted by Gasteiger charge is 2.14. The first-order valence-electron chi connectivity index (χ1n) is 6.37. The van der Waals surface area contributed by atoms with Crippen molar-refractivity contribution in [1.82, 2.24) is 0 Å². The number of carbonyl (C=O) groups excluding carboxylic acids is 1. The molecule has 0 heterocycles. The molecule has 0 aliphatic carbocycles. The van der Waals surface area contributed by atoms with Crippen molar-refractivity contribution in [1.29, 1.82) is 0 Å². The molecule has 0 amide bonds. The molecule has 0 spiro atoms. The molecule has 0 aromatic heterocycles. The van der Waals surface area contributed by atoms with Gasteiger partial charge in [0.1, 0.15) is 6.61 Å². The molecule has 0 fully saturated rings. The second-order valence-electron chi connectivity index (χ2n) is 4.40. The van der Waals surface area contributed by atoms with Gasteiger partial charge in [0.15, 0.2) is 0 Å². The summed E-state index contributed by atoms with van der Waals surface area (Å²) in [5.41, 5.74) is 0.868. The summed E-state index contributed by atoms with van der Waals surface area (Å²) in [5.74, 6) is -0.482. The summed E-state index contributed by atoms with van der Waals surface area (Å²) in [6.45, 7) is 4.33. The van der Waals surface area contributed by atoms with Gasteiger partial charge in [-0.15, -0.1) is 0 Å². The van der Waals surface area contributed by atoms with Crippen LogP contribution in [0, 0.1) is 0 Å². The second kappa shape index (κ2) is 8.81. The van der Waals surface area contributed by atoms with Crippen LogP contribution in [0.3, 0.4) is 0 Å². The van der Waals surface area contributed by atoms with Gasteiger partial charge in [0.25, 0.3) is 5.17 Å². The van der Waals surface area contributed by atoms with Crippen LogP contribution in [0.5, 0.6) is 0 Å². The van der Waals surface area contributed by atoms with Crippen LogP contribution >= 0.6 is 23.8 Å². The van der Waals surface area contributed by atoms with Gasteiger partial charge in [-0.3, -0.25) is 0 Å². The highest BCUT2D eigenvalue weighted by atomic mass is 35.5. The summed E-state index contributed by atoms with van der Waals surface area (Å²) in [7, 11) is 1.58. The summed E-state index contributed by atoms with van der Waals surface area (Å²) < 4.78 is 15.2. The molecule has 0 aliphatic heterocycles. The lowest BCUT2D eigenvalue weighted by atomic mass is 10.2. The second-order valence-corrected chi connectivity index (χ2v) is 5.18. The van der Waals surface area contributed by atoms with E-state index < -0.39 is 5.97 Å². The fraction of sp³-hybridized carbons (Fsp3) is 0.429. The van der Waals surface area contributed by atoms with Crippen LogP contribution in [0.25, 0.3) is 0 Å². The quantitative estimate of drug-likeness (QED) is 0.490. The molecule has 0 radical (unpaired) electrons. The highest BCUT2D eigenvalue weighted by Crippen LogP contribution is 2.22. The van der Waals surface area contributed by atoms with Gasteiger partial charge in [-0.25, -0.2) is 4.79 Å². The molecule has 1 aromatic carbocycles. The Labute approximate surface area is 134 Å². The number of halogens is 1. The molecular weight excluding hydrogens is 314 g/mol. The summed E-state index contributed by atoms with van der Waals surface area (Å²) in [6, 6.07) is 4.86. The van der Waals surface area contributed by atoms with Crippen LogP contribution in [0.2, 0.25) is 5.02 Å². The number of esters is 1. The van der Waals surface area contributed by atoms with E-state index >= 15 is 0 Å². The normalized spacial score (nSPS) is 10.3. The zero-order valence-corrected chi connectivity index (χ0v) is 13.7. The van der Waals surface area contributed by atoms with Crippen LogP contribution in [-0.4, -0.2) is 37.6 Å². The smallest absolute Gasteiger partial charge is 0.339 e. The monoisotopic (exact) mass is 331 g/mol. The third-order valence-electron chi connectivity index (χ3n) is 2.30. The fourth-order valence-corrected chi connectivity index (χ4v) is 1.80. The molecule has 21 heavy (non-hydrogen) atoms. The average molecular weight is 332 g/mol. The first kappa shape index (κ1) is 17.7. The van der Waals surface area contributed by atoms with Crippen molar-refractivity contribution in [2.75, 3.05) is 25.6 Å². The van der Waals surface area contributed by atoms with Gasteiger partial charge in [-0.2, -0.15) is 0 Å². The minimum atomic E-state index is -0.482. The van der Waals surface area contributed by atoms with Gasteiger partial charge < -0.3 is 19.5 Å². The SMILES string of the molecule is COCCOC(=S)Nc1ccc(Cl)c(C(=O)OC(C)C)c1. The zero-order valence-electron chi connectivity index (χ0n) is 12.1. The van der Waals surface area contributed by atoms with Crippen molar-refractivity contribution in [3.63, 3.8) is 0 Å². The van der Waals surface area contributed by atoms with Crippen LogP contribution in [0.1, 0.15) is 24.2 Å². The van der Waals surface area contributed by atoms with E-state index in [2.05, 4.69) is 5.32 Å². The van der Waals surface area contributed by atoms with Gasteiger partial charge in [0.2, 0.25) is 0 Å². The zero-order chi connectivity index (χ0) is 15.8. The predicted octanol–water partition coefficient (Wildman–Crippen LogP) is 3.27. The van der Waals surface area contributed by atoms with E-state index in [0.717, 1.165) is 0 Å². The molecule has 1 aromatic rings. The molecular formula is C14H18ClNO4S. The topological polar surface area (TPSA) is 56.8 Å². The number of anilines is 1. The van der Waals surface area contributed by atoms with Crippen molar-refractivity contribution >= 4 is 40.7 Å². The number of nitrogens with one attached hydrogen (secondary N) is 1. The van der Waals surface area contributed by atoms with Crippen LogP contribution < -0.4 is 5.32 Å². The maximum absolute atomic E-state index is 11.9. The first-order valence-corrected chi connectivity index (χ1v) is 7.16. The Morgan fingerprint density at radius 2 is 2.10 bits per heavy atom. The van der Waals surface area contributed by atoms with E-state index in [1.807, 2.05) is 0 Å². The molecule has 1 rings (SSSR count). The Hall–Kier alpha value is -1.37. The van der Waals surface area contributed by atoms with Crippen molar-refractivity contribution in [3.05, 3.63) is 28.8 Å². The number of carbonyl (C=O) groups is 1. The summed E-state index contributed by atoms with van der Waals surface area (Å²) >= 11 is 11.0.